The quantitative estimate of drug-likeness (QED) is 0.458. The fraction of sp³-hybridized carbons (Fsp3) is 0.458. The summed E-state index contributed by atoms with van der Waals surface area (Å²) < 4.78 is 29.8. The Morgan fingerprint density at radius 3 is 2.56 bits per heavy atom. The number of methoxy groups -OCH3 is 2. The Morgan fingerprint density at radius 1 is 1.09 bits per heavy atom. The molecule has 1 fully saturated rings. The van der Waals surface area contributed by atoms with Crippen LogP contribution in [0.25, 0.3) is 0 Å². The Morgan fingerprint density at radius 2 is 1.88 bits per heavy atom. The van der Waals surface area contributed by atoms with Gasteiger partial charge in [0, 0.05) is 33.2 Å². The summed E-state index contributed by atoms with van der Waals surface area (Å²) in [6.45, 7) is 4.45. The van der Waals surface area contributed by atoms with E-state index < -0.39 is 0 Å². The Kier molecular flexibility index (Phi) is 9.13. The Bertz CT molecular complexity index is 887. The number of ether oxygens (including phenoxy) is 3. The summed E-state index contributed by atoms with van der Waals surface area (Å²) in [6, 6.07) is 12.8. The molecule has 1 unspecified atom stereocenters. The van der Waals surface area contributed by atoms with Crippen LogP contribution in [0.4, 0.5) is 4.39 Å². The van der Waals surface area contributed by atoms with Crippen molar-refractivity contribution in [2.24, 2.45) is 4.99 Å². The monoisotopic (exact) mass is 444 g/mol. The maximum atomic E-state index is 13.4. The highest BCUT2D eigenvalue weighted by Crippen LogP contribution is 2.32. The van der Waals surface area contributed by atoms with Crippen LogP contribution >= 0.6 is 0 Å². The first-order valence-electron chi connectivity index (χ1n) is 10.9. The lowest BCUT2D eigenvalue weighted by atomic mass is 10.0. The third kappa shape index (κ3) is 6.58. The van der Waals surface area contributed by atoms with E-state index in [1.165, 1.54) is 6.07 Å². The zero-order valence-corrected chi connectivity index (χ0v) is 19.1. The van der Waals surface area contributed by atoms with Crippen molar-refractivity contribution >= 4 is 5.96 Å². The van der Waals surface area contributed by atoms with Crippen molar-refractivity contribution in [3.05, 3.63) is 59.4 Å². The number of guanidine groups is 1. The minimum Gasteiger partial charge on any atom is -0.493 e. The highest BCUT2D eigenvalue weighted by Gasteiger charge is 2.24. The molecule has 1 heterocycles. The number of nitrogens with one attached hydrogen (secondary N) is 2. The molecule has 0 aromatic heterocycles. The Hall–Kier alpha value is -2.84. The van der Waals surface area contributed by atoms with Gasteiger partial charge in [-0.05, 0) is 41.8 Å². The maximum absolute atomic E-state index is 13.4. The molecule has 174 valence electrons. The topological polar surface area (TPSA) is 67.4 Å². The van der Waals surface area contributed by atoms with Crippen LogP contribution in [-0.2, 0) is 11.2 Å². The van der Waals surface area contributed by atoms with E-state index in [1.807, 2.05) is 18.2 Å². The SMILES string of the molecule is CN=C(NCCc1cccc(F)c1)NCC(c1ccc(OC)c(OC)c1)N1CCOCC1. The van der Waals surface area contributed by atoms with E-state index in [1.54, 1.807) is 33.4 Å². The first kappa shape index (κ1) is 23.8. The van der Waals surface area contributed by atoms with Gasteiger partial charge in [-0.2, -0.15) is 0 Å². The summed E-state index contributed by atoms with van der Waals surface area (Å²) in [5, 5.41) is 6.76. The summed E-state index contributed by atoms with van der Waals surface area (Å²) in [4.78, 5) is 6.74. The molecule has 7 nitrogen and oxygen atoms in total. The van der Waals surface area contributed by atoms with Crippen molar-refractivity contribution in [1.29, 1.82) is 0 Å². The normalized spacial score (nSPS) is 15.8. The standard InChI is InChI=1S/C24H33FN4O3/c1-26-24(27-10-9-18-5-4-6-20(25)15-18)28-17-21(29-11-13-32-14-12-29)19-7-8-22(30-2)23(16-19)31-3/h4-8,15-16,21H,9-14,17H2,1-3H3,(H2,26,27,28). The van der Waals surface area contributed by atoms with Crippen molar-refractivity contribution in [3.8, 4) is 11.5 Å². The average molecular weight is 445 g/mol. The van der Waals surface area contributed by atoms with Crippen molar-refractivity contribution in [3.63, 3.8) is 0 Å². The molecule has 1 atom stereocenters. The maximum Gasteiger partial charge on any atom is 0.191 e. The lowest BCUT2D eigenvalue weighted by Crippen LogP contribution is -2.46. The lowest BCUT2D eigenvalue weighted by Gasteiger charge is -2.35. The van der Waals surface area contributed by atoms with Crippen LogP contribution in [0.15, 0.2) is 47.5 Å². The van der Waals surface area contributed by atoms with Gasteiger partial charge in [0.1, 0.15) is 5.82 Å². The van der Waals surface area contributed by atoms with E-state index in [-0.39, 0.29) is 11.9 Å². The number of aliphatic imine (C=N–C) groups is 1. The highest BCUT2D eigenvalue weighted by molar-refractivity contribution is 5.79. The Labute approximate surface area is 189 Å². The third-order valence-electron chi connectivity index (χ3n) is 5.56. The van der Waals surface area contributed by atoms with Gasteiger partial charge in [-0.25, -0.2) is 4.39 Å². The van der Waals surface area contributed by atoms with Gasteiger partial charge in [0.15, 0.2) is 17.5 Å². The molecule has 3 rings (SSSR count). The summed E-state index contributed by atoms with van der Waals surface area (Å²) in [5.41, 5.74) is 2.08. The zero-order chi connectivity index (χ0) is 22.8. The molecule has 2 aromatic carbocycles. The van der Waals surface area contributed by atoms with Crippen molar-refractivity contribution in [1.82, 2.24) is 15.5 Å². The predicted molar refractivity (Wildman–Crippen MR) is 124 cm³/mol. The largest absolute Gasteiger partial charge is 0.493 e. The molecule has 8 heteroatoms. The first-order valence-corrected chi connectivity index (χ1v) is 10.9. The summed E-state index contributed by atoms with van der Waals surface area (Å²) in [7, 11) is 5.03. The van der Waals surface area contributed by atoms with E-state index in [9.17, 15) is 4.39 Å². The van der Waals surface area contributed by atoms with Gasteiger partial charge in [0.25, 0.3) is 0 Å². The molecule has 2 N–H and O–H groups in total. The van der Waals surface area contributed by atoms with E-state index in [0.29, 0.717) is 50.2 Å². The van der Waals surface area contributed by atoms with E-state index in [2.05, 4.69) is 26.6 Å². The minimum atomic E-state index is -0.215. The smallest absolute Gasteiger partial charge is 0.191 e. The van der Waals surface area contributed by atoms with Gasteiger partial charge in [0.2, 0.25) is 0 Å². The van der Waals surface area contributed by atoms with Gasteiger partial charge in [-0.1, -0.05) is 18.2 Å². The number of halogens is 1. The summed E-state index contributed by atoms with van der Waals surface area (Å²) >= 11 is 0. The van der Waals surface area contributed by atoms with E-state index in [4.69, 9.17) is 14.2 Å². The lowest BCUT2D eigenvalue weighted by molar-refractivity contribution is 0.0169. The number of morpholine rings is 1. The molecule has 32 heavy (non-hydrogen) atoms. The molecule has 1 aliphatic heterocycles. The van der Waals surface area contributed by atoms with Crippen molar-refractivity contribution < 1.29 is 18.6 Å². The highest BCUT2D eigenvalue weighted by atomic mass is 19.1. The molecule has 0 aliphatic carbocycles. The number of rotatable bonds is 9. The van der Waals surface area contributed by atoms with Crippen LogP contribution in [0, 0.1) is 5.82 Å². The van der Waals surface area contributed by atoms with Crippen LogP contribution in [0.3, 0.4) is 0 Å². The van der Waals surface area contributed by atoms with Gasteiger partial charge >= 0.3 is 0 Å². The number of benzene rings is 2. The second-order valence-corrected chi connectivity index (χ2v) is 7.54. The minimum absolute atomic E-state index is 0.112. The molecule has 0 saturated carbocycles. The number of hydrogen-bond acceptors (Lipinski definition) is 5. The molecule has 2 aromatic rings. The van der Waals surface area contributed by atoms with Gasteiger partial charge in [-0.3, -0.25) is 9.89 Å². The fourth-order valence-corrected chi connectivity index (χ4v) is 3.84. The second-order valence-electron chi connectivity index (χ2n) is 7.54. The molecule has 0 spiro atoms. The molecular formula is C24H33FN4O3. The van der Waals surface area contributed by atoms with Crippen LogP contribution in [0.2, 0.25) is 0 Å². The molecular weight excluding hydrogens is 411 g/mol. The predicted octanol–water partition coefficient (Wildman–Crippen LogP) is 2.62. The van der Waals surface area contributed by atoms with Gasteiger partial charge < -0.3 is 24.8 Å². The summed E-state index contributed by atoms with van der Waals surface area (Å²) in [6.07, 6.45) is 0.709. The van der Waals surface area contributed by atoms with Crippen molar-refractivity contribution in [2.45, 2.75) is 12.5 Å². The van der Waals surface area contributed by atoms with Crippen LogP contribution in [0.5, 0.6) is 11.5 Å². The second kappa shape index (κ2) is 12.3. The van der Waals surface area contributed by atoms with Crippen LogP contribution < -0.4 is 20.1 Å². The third-order valence-corrected chi connectivity index (χ3v) is 5.56. The number of nitrogens with zero attached hydrogens (tertiary/aromatic N) is 2. The molecule has 0 bridgehead atoms. The van der Waals surface area contributed by atoms with Crippen LogP contribution in [-0.4, -0.2) is 71.5 Å². The van der Waals surface area contributed by atoms with Gasteiger partial charge in [0.05, 0.1) is 33.5 Å². The zero-order valence-electron chi connectivity index (χ0n) is 19.1. The van der Waals surface area contributed by atoms with Crippen molar-refractivity contribution in [2.75, 3.05) is 60.7 Å². The molecule has 0 amide bonds. The summed E-state index contributed by atoms with van der Waals surface area (Å²) in [5.74, 6) is 1.91. The number of hydrogen-bond donors (Lipinski definition) is 2. The van der Waals surface area contributed by atoms with Crippen LogP contribution in [0.1, 0.15) is 17.2 Å². The average Bonchev–Trinajstić information content (AvgIpc) is 2.83. The fourth-order valence-electron chi connectivity index (χ4n) is 3.84. The Balaban J connectivity index is 1.64. The molecule has 1 aliphatic rings. The van der Waals surface area contributed by atoms with E-state index >= 15 is 0 Å². The molecule has 0 radical (unpaired) electrons. The van der Waals surface area contributed by atoms with E-state index in [0.717, 1.165) is 24.2 Å². The van der Waals surface area contributed by atoms with Gasteiger partial charge in [-0.15, -0.1) is 0 Å². The first-order chi connectivity index (χ1) is 15.6. The molecule has 1 saturated heterocycles.